The van der Waals surface area contributed by atoms with Crippen molar-refractivity contribution in [3.8, 4) is 0 Å². The number of carbonyl (C=O) groups excluding carboxylic acids is 1. The fraction of sp³-hybridized carbons (Fsp3) is 0.364. The number of benzene rings is 1. The second-order valence-electron chi connectivity index (χ2n) is 3.57. The van der Waals surface area contributed by atoms with Gasteiger partial charge in [0.2, 0.25) is 0 Å². The number of hydrogen-bond donors (Lipinski definition) is 0. The average molecular weight is 285 g/mol. The van der Waals surface area contributed by atoms with Gasteiger partial charge in [-0.1, -0.05) is 12.1 Å². The van der Waals surface area contributed by atoms with Crippen LogP contribution in [0.25, 0.3) is 0 Å². The maximum atomic E-state index is 13.4. The van der Waals surface area contributed by atoms with Gasteiger partial charge in [0.1, 0.15) is 5.82 Å². The van der Waals surface area contributed by atoms with Gasteiger partial charge in [-0.2, -0.15) is 22.0 Å². The van der Waals surface area contributed by atoms with E-state index < -0.39 is 36.1 Å². The second kappa shape index (κ2) is 5.10. The highest BCUT2D eigenvalue weighted by Crippen LogP contribution is 2.38. The van der Waals surface area contributed by atoms with Crippen LogP contribution in [-0.4, -0.2) is 24.6 Å². The smallest absolute Gasteiger partial charge is 0.304 e. The lowest BCUT2D eigenvalue weighted by molar-refractivity contribution is -0.268. The van der Waals surface area contributed by atoms with Crippen molar-refractivity contribution in [3.05, 3.63) is 30.1 Å². The first-order valence-corrected chi connectivity index (χ1v) is 5.14. The third kappa shape index (κ3) is 2.82. The molecule has 19 heavy (non-hydrogen) atoms. The zero-order chi connectivity index (χ0) is 14.8. The number of carbonyl (C=O) groups is 1. The number of alkyl halides is 5. The lowest BCUT2D eigenvalue weighted by Gasteiger charge is -2.27. The average Bonchev–Trinajstić information content (AvgIpc) is 2.30. The zero-order valence-corrected chi connectivity index (χ0v) is 9.64. The predicted molar refractivity (Wildman–Crippen MR) is 55.4 cm³/mol. The van der Waals surface area contributed by atoms with E-state index in [-0.39, 0.29) is 4.90 Å². The minimum Gasteiger partial charge on any atom is -0.304 e. The van der Waals surface area contributed by atoms with Gasteiger partial charge in [-0.05, 0) is 19.1 Å². The summed E-state index contributed by atoms with van der Waals surface area (Å²) >= 11 is 0. The lowest BCUT2D eigenvalue weighted by Crippen LogP contribution is -2.52. The summed E-state index contributed by atoms with van der Waals surface area (Å²) in [5.74, 6) is -9.13. The molecular formula is C11H9F6NO. The highest BCUT2D eigenvalue weighted by atomic mass is 19.4. The Morgan fingerprint density at radius 1 is 1.16 bits per heavy atom. The summed E-state index contributed by atoms with van der Waals surface area (Å²) in [5, 5.41) is 0. The molecule has 0 heterocycles. The molecule has 2 nitrogen and oxygen atoms in total. The van der Waals surface area contributed by atoms with Crippen molar-refractivity contribution in [1.29, 1.82) is 0 Å². The second-order valence-corrected chi connectivity index (χ2v) is 3.57. The molecule has 1 amide bonds. The van der Waals surface area contributed by atoms with Crippen molar-refractivity contribution >= 4 is 11.6 Å². The van der Waals surface area contributed by atoms with Crippen LogP contribution in [0.1, 0.15) is 6.92 Å². The summed E-state index contributed by atoms with van der Waals surface area (Å²) in [4.78, 5) is 11.3. The summed E-state index contributed by atoms with van der Waals surface area (Å²) in [6.45, 7) is 0.641. The number of rotatable bonds is 3. The molecule has 0 saturated carbocycles. The van der Waals surface area contributed by atoms with Gasteiger partial charge in [0, 0.05) is 6.54 Å². The molecule has 1 aromatic rings. The van der Waals surface area contributed by atoms with E-state index in [1.165, 1.54) is 12.1 Å². The molecule has 0 fully saturated rings. The van der Waals surface area contributed by atoms with Crippen molar-refractivity contribution < 1.29 is 31.1 Å². The van der Waals surface area contributed by atoms with E-state index in [1.54, 1.807) is 0 Å². The molecule has 0 aromatic heterocycles. The van der Waals surface area contributed by atoms with Crippen molar-refractivity contribution in [2.24, 2.45) is 0 Å². The summed E-state index contributed by atoms with van der Waals surface area (Å²) in [6, 6.07) is 4.25. The largest absolute Gasteiger partial charge is 0.463 e. The van der Waals surface area contributed by atoms with Gasteiger partial charge >= 0.3 is 18.0 Å². The summed E-state index contributed by atoms with van der Waals surface area (Å²) < 4.78 is 75.5. The van der Waals surface area contributed by atoms with Crippen LogP contribution in [0.15, 0.2) is 24.3 Å². The third-order valence-electron chi connectivity index (χ3n) is 2.33. The van der Waals surface area contributed by atoms with Crippen molar-refractivity contribution in [2.45, 2.75) is 19.0 Å². The predicted octanol–water partition coefficient (Wildman–Crippen LogP) is 3.38. The van der Waals surface area contributed by atoms with E-state index in [4.69, 9.17) is 0 Å². The standard InChI is InChI=1S/C11H9F6NO/c1-2-18(8-6-4-3-5-7(8)12)9(19)10(13,14)11(15,16)17/h3-6H,2H2,1H3. The van der Waals surface area contributed by atoms with Gasteiger partial charge in [0.25, 0.3) is 0 Å². The maximum Gasteiger partial charge on any atom is 0.463 e. The van der Waals surface area contributed by atoms with Gasteiger partial charge in [-0.15, -0.1) is 0 Å². The highest BCUT2D eigenvalue weighted by Gasteiger charge is 2.64. The molecule has 1 aromatic carbocycles. The van der Waals surface area contributed by atoms with E-state index in [9.17, 15) is 31.1 Å². The molecule has 0 saturated heterocycles. The van der Waals surface area contributed by atoms with Gasteiger partial charge in [-0.25, -0.2) is 4.39 Å². The molecule has 0 aliphatic carbocycles. The Balaban J connectivity index is 3.19. The third-order valence-corrected chi connectivity index (χ3v) is 2.33. The molecule has 0 aliphatic heterocycles. The van der Waals surface area contributed by atoms with Gasteiger partial charge < -0.3 is 4.90 Å². The number of para-hydroxylation sites is 1. The van der Waals surface area contributed by atoms with Gasteiger partial charge in [0.05, 0.1) is 5.69 Å². The normalized spacial score (nSPS) is 12.4. The van der Waals surface area contributed by atoms with E-state index >= 15 is 0 Å². The van der Waals surface area contributed by atoms with Gasteiger partial charge in [-0.3, -0.25) is 4.79 Å². The van der Waals surface area contributed by atoms with Crippen molar-refractivity contribution in [2.75, 3.05) is 11.4 Å². The van der Waals surface area contributed by atoms with Crippen LogP contribution < -0.4 is 4.90 Å². The molecule has 106 valence electrons. The molecule has 0 radical (unpaired) electrons. The van der Waals surface area contributed by atoms with Crippen molar-refractivity contribution in [1.82, 2.24) is 0 Å². The molecule has 0 atom stereocenters. The molecule has 0 bridgehead atoms. The maximum absolute atomic E-state index is 13.4. The van der Waals surface area contributed by atoms with Crippen molar-refractivity contribution in [3.63, 3.8) is 0 Å². The van der Waals surface area contributed by atoms with Crippen LogP contribution >= 0.6 is 0 Å². The molecule has 1 rings (SSSR count). The minimum atomic E-state index is -6.03. The summed E-state index contributed by atoms with van der Waals surface area (Å²) in [5.41, 5.74) is -0.626. The van der Waals surface area contributed by atoms with E-state index in [1.807, 2.05) is 0 Å². The first kappa shape index (κ1) is 15.3. The number of hydrogen-bond acceptors (Lipinski definition) is 1. The fourth-order valence-electron chi connectivity index (χ4n) is 1.38. The Hall–Kier alpha value is -1.73. The molecule has 0 N–H and O–H groups in total. The summed E-state index contributed by atoms with van der Waals surface area (Å²) in [6.07, 6.45) is -6.03. The Morgan fingerprint density at radius 2 is 1.68 bits per heavy atom. The highest BCUT2D eigenvalue weighted by molar-refractivity contribution is 5.99. The summed E-state index contributed by atoms with van der Waals surface area (Å²) in [7, 11) is 0. The first-order chi connectivity index (χ1) is 8.63. The van der Waals surface area contributed by atoms with E-state index in [0.29, 0.717) is 0 Å². The number of anilines is 1. The number of halogens is 6. The first-order valence-electron chi connectivity index (χ1n) is 5.14. The van der Waals surface area contributed by atoms with Crippen LogP contribution in [-0.2, 0) is 4.79 Å². The topological polar surface area (TPSA) is 20.3 Å². The van der Waals surface area contributed by atoms with Crippen LogP contribution in [0.4, 0.5) is 32.0 Å². The Bertz CT molecular complexity index is 470. The minimum absolute atomic E-state index is 0.0584. The number of nitrogens with zero attached hydrogens (tertiary/aromatic N) is 1. The Morgan fingerprint density at radius 3 is 2.11 bits per heavy atom. The van der Waals surface area contributed by atoms with Crippen LogP contribution in [0, 0.1) is 5.82 Å². The molecule has 0 aliphatic rings. The van der Waals surface area contributed by atoms with Crippen LogP contribution in [0.3, 0.4) is 0 Å². The SMILES string of the molecule is CCN(C(=O)C(F)(F)C(F)(F)F)c1ccccc1F. The zero-order valence-electron chi connectivity index (χ0n) is 9.64. The van der Waals surface area contributed by atoms with Gasteiger partial charge in [0.15, 0.2) is 0 Å². The van der Waals surface area contributed by atoms with E-state index in [0.717, 1.165) is 19.1 Å². The molecule has 0 unspecified atom stereocenters. The Kier molecular flexibility index (Phi) is 4.12. The van der Waals surface area contributed by atoms with E-state index in [2.05, 4.69) is 0 Å². The monoisotopic (exact) mass is 285 g/mol. The van der Waals surface area contributed by atoms with Crippen LogP contribution in [0.2, 0.25) is 0 Å². The van der Waals surface area contributed by atoms with Crippen LogP contribution in [0.5, 0.6) is 0 Å². The quantitative estimate of drug-likeness (QED) is 0.780. The Labute approximate surface area is 104 Å². The number of amides is 1. The fourth-order valence-corrected chi connectivity index (χ4v) is 1.38. The molecule has 8 heteroatoms. The lowest BCUT2D eigenvalue weighted by atomic mass is 10.2. The molecule has 0 spiro atoms. The molecular weight excluding hydrogens is 276 g/mol.